The van der Waals surface area contributed by atoms with Gasteiger partial charge in [0.25, 0.3) is 5.91 Å². The highest BCUT2D eigenvalue weighted by Crippen LogP contribution is 2.30. The largest absolute Gasteiger partial charge is 0.324 e. The fourth-order valence-corrected chi connectivity index (χ4v) is 3.01. The predicted molar refractivity (Wildman–Crippen MR) is 100 cm³/mol. The number of para-hydroxylation sites is 2. The second kappa shape index (κ2) is 6.99. The summed E-state index contributed by atoms with van der Waals surface area (Å²) in [7, 11) is 0. The van der Waals surface area contributed by atoms with Gasteiger partial charge in [-0.15, -0.1) is 10.2 Å². The first kappa shape index (κ1) is 16.9. The minimum atomic E-state index is -0.656. The topological polar surface area (TPSA) is 93.0 Å². The van der Waals surface area contributed by atoms with Crippen LogP contribution >= 0.6 is 0 Å². The van der Waals surface area contributed by atoms with Gasteiger partial charge in [0.1, 0.15) is 6.04 Å². The van der Waals surface area contributed by atoms with Gasteiger partial charge in [-0.25, -0.2) is 0 Å². The number of fused-ring (bicyclic) bond motifs is 1. The van der Waals surface area contributed by atoms with E-state index in [4.69, 9.17) is 0 Å². The standard InChI is InChI=1S/C19H18N6O2/c1-13(25-22-18(21-23-25)14-7-3-2-4-8-14)19(27)24-12-11-17(26)20-15-9-5-6-10-16(15)24/h2-10,13H,11-12H2,1H3,(H,20,26). The van der Waals surface area contributed by atoms with Crippen LogP contribution in [0, 0.1) is 0 Å². The Bertz CT molecular complexity index is 985. The molecule has 1 aliphatic heterocycles. The number of carbonyl (C=O) groups excluding carboxylic acids is 2. The van der Waals surface area contributed by atoms with Crippen LogP contribution in [0.1, 0.15) is 19.4 Å². The van der Waals surface area contributed by atoms with Gasteiger partial charge in [0.05, 0.1) is 11.4 Å². The Morgan fingerprint density at radius 2 is 1.85 bits per heavy atom. The Hall–Kier alpha value is -3.55. The second-order valence-electron chi connectivity index (χ2n) is 6.28. The van der Waals surface area contributed by atoms with Gasteiger partial charge >= 0.3 is 0 Å². The number of carbonyl (C=O) groups is 2. The zero-order chi connectivity index (χ0) is 18.8. The molecule has 1 N–H and O–H groups in total. The number of benzene rings is 2. The van der Waals surface area contributed by atoms with Crippen molar-refractivity contribution in [2.45, 2.75) is 19.4 Å². The number of aromatic nitrogens is 4. The molecule has 27 heavy (non-hydrogen) atoms. The molecule has 2 aromatic carbocycles. The summed E-state index contributed by atoms with van der Waals surface area (Å²) >= 11 is 0. The number of hydrogen-bond acceptors (Lipinski definition) is 5. The van der Waals surface area contributed by atoms with E-state index in [0.717, 1.165) is 5.56 Å². The van der Waals surface area contributed by atoms with Crippen LogP contribution < -0.4 is 10.2 Å². The molecular weight excluding hydrogens is 344 g/mol. The smallest absolute Gasteiger partial charge is 0.253 e. The highest BCUT2D eigenvalue weighted by atomic mass is 16.2. The van der Waals surface area contributed by atoms with Crippen molar-refractivity contribution in [2.75, 3.05) is 16.8 Å². The fraction of sp³-hybridized carbons (Fsp3) is 0.211. The molecule has 0 aliphatic carbocycles. The zero-order valence-electron chi connectivity index (χ0n) is 14.7. The SMILES string of the molecule is CC(C(=O)N1CCC(=O)Nc2ccccc21)n1nnc(-c2ccccc2)n1. The molecule has 0 bridgehead atoms. The van der Waals surface area contributed by atoms with Crippen LogP contribution in [-0.2, 0) is 9.59 Å². The summed E-state index contributed by atoms with van der Waals surface area (Å²) in [6.07, 6.45) is 0.229. The predicted octanol–water partition coefficient (Wildman–Crippen LogP) is 2.28. The third-order valence-electron chi connectivity index (χ3n) is 4.46. The van der Waals surface area contributed by atoms with Crippen molar-refractivity contribution in [1.82, 2.24) is 20.2 Å². The van der Waals surface area contributed by atoms with Crippen molar-refractivity contribution in [2.24, 2.45) is 0 Å². The monoisotopic (exact) mass is 362 g/mol. The number of nitrogens with one attached hydrogen (secondary N) is 1. The van der Waals surface area contributed by atoms with E-state index in [9.17, 15) is 9.59 Å². The van der Waals surface area contributed by atoms with E-state index in [1.54, 1.807) is 17.9 Å². The number of amides is 2. The number of tetrazole rings is 1. The summed E-state index contributed by atoms with van der Waals surface area (Å²) in [6, 6.07) is 16.1. The molecule has 1 aromatic heterocycles. The number of anilines is 2. The zero-order valence-corrected chi connectivity index (χ0v) is 14.7. The van der Waals surface area contributed by atoms with Crippen molar-refractivity contribution < 1.29 is 9.59 Å². The van der Waals surface area contributed by atoms with Crippen molar-refractivity contribution in [3.8, 4) is 11.4 Å². The third kappa shape index (κ3) is 3.29. The Morgan fingerprint density at radius 1 is 1.11 bits per heavy atom. The van der Waals surface area contributed by atoms with E-state index in [1.165, 1.54) is 4.80 Å². The highest BCUT2D eigenvalue weighted by molar-refractivity contribution is 6.04. The van der Waals surface area contributed by atoms with Crippen LogP contribution in [-0.4, -0.2) is 38.6 Å². The molecule has 1 aliphatic rings. The highest BCUT2D eigenvalue weighted by Gasteiger charge is 2.29. The Labute approximate surface area is 155 Å². The molecule has 1 unspecified atom stereocenters. The van der Waals surface area contributed by atoms with Gasteiger partial charge in [-0.3, -0.25) is 9.59 Å². The van der Waals surface area contributed by atoms with Gasteiger partial charge in [-0.1, -0.05) is 42.5 Å². The van der Waals surface area contributed by atoms with Gasteiger partial charge in [-0.2, -0.15) is 4.80 Å². The summed E-state index contributed by atoms with van der Waals surface area (Å²) in [6.45, 7) is 2.02. The van der Waals surface area contributed by atoms with E-state index in [2.05, 4.69) is 20.7 Å². The molecular formula is C19H18N6O2. The van der Waals surface area contributed by atoms with Crippen LogP contribution in [0.25, 0.3) is 11.4 Å². The van der Waals surface area contributed by atoms with E-state index in [1.807, 2.05) is 48.5 Å². The maximum Gasteiger partial charge on any atom is 0.253 e. The maximum atomic E-state index is 13.1. The number of rotatable bonds is 3. The molecule has 2 heterocycles. The summed E-state index contributed by atoms with van der Waals surface area (Å²) in [4.78, 5) is 28.0. The minimum absolute atomic E-state index is 0.115. The lowest BCUT2D eigenvalue weighted by molar-refractivity contribution is -0.121. The molecule has 4 rings (SSSR count). The quantitative estimate of drug-likeness (QED) is 0.771. The average molecular weight is 362 g/mol. The van der Waals surface area contributed by atoms with Crippen LogP contribution in [0.3, 0.4) is 0 Å². The Kier molecular flexibility index (Phi) is 4.37. The normalized spacial score (nSPS) is 14.9. The molecule has 8 nitrogen and oxygen atoms in total. The van der Waals surface area contributed by atoms with Crippen LogP contribution in [0.5, 0.6) is 0 Å². The lowest BCUT2D eigenvalue weighted by Crippen LogP contribution is -2.37. The lowest BCUT2D eigenvalue weighted by Gasteiger charge is -2.24. The molecule has 136 valence electrons. The van der Waals surface area contributed by atoms with Gasteiger partial charge in [0, 0.05) is 18.5 Å². The summed E-state index contributed by atoms with van der Waals surface area (Å²) in [5, 5.41) is 15.3. The van der Waals surface area contributed by atoms with E-state index in [-0.39, 0.29) is 18.2 Å². The summed E-state index contributed by atoms with van der Waals surface area (Å²) in [5.74, 6) is 0.148. The molecule has 1 atom stereocenters. The van der Waals surface area contributed by atoms with E-state index < -0.39 is 6.04 Å². The number of hydrogen-bond donors (Lipinski definition) is 1. The van der Waals surface area contributed by atoms with Crippen LogP contribution in [0.4, 0.5) is 11.4 Å². The average Bonchev–Trinajstić information content (AvgIpc) is 3.12. The van der Waals surface area contributed by atoms with Gasteiger partial charge in [-0.05, 0) is 24.3 Å². The molecule has 3 aromatic rings. The van der Waals surface area contributed by atoms with E-state index in [0.29, 0.717) is 23.7 Å². The number of nitrogens with zero attached hydrogens (tertiary/aromatic N) is 5. The second-order valence-corrected chi connectivity index (χ2v) is 6.28. The van der Waals surface area contributed by atoms with Crippen molar-refractivity contribution in [1.29, 1.82) is 0 Å². The molecule has 0 radical (unpaired) electrons. The molecule has 2 amide bonds. The fourth-order valence-electron chi connectivity index (χ4n) is 3.01. The first-order valence-electron chi connectivity index (χ1n) is 8.68. The minimum Gasteiger partial charge on any atom is -0.324 e. The van der Waals surface area contributed by atoms with Crippen LogP contribution in [0.15, 0.2) is 54.6 Å². The Balaban J connectivity index is 1.61. The van der Waals surface area contributed by atoms with Gasteiger partial charge in [0.15, 0.2) is 0 Å². The Morgan fingerprint density at radius 3 is 2.67 bits per heavy atom. The molecule has 0 saturated carbocycles. The van der Waals surface area contributed by atoms with Gasteiger partial charge < -0.3 is 10.2 Å². The van der Waals surface area contributed by atoms with Gasteiger partial charge in [0.2, 0.25) is 11.7 Å². The third-order valence-corrected chi connectivity index (χ3v) is 4.46. The lowest BCUT2D eigenvalue weighted by atomic mass is 10.2. The molecule has 0 fully saturated rings. The first-order chi connectivity index (χ1) is 13.1. The maximum absolute atomic E-state index is 13.1. The molecule has 8 heteroatoms. The molecule has 0 spiro atoms. The summed E-state index contributed by atoms with van der Waals surface area (Å²) < 4.78 is 0. The van der Waals surface area contributed by atoms with E-state index >= 15 is 0 Å². The molecule has 0 saturated heterocycles. The van der Waals surface area contributed by atoms with Crippen molar-refractivity contribution >= 4 is 23.2 Å². The van der Waals surface area contributed by atoms with Crippen molar-refractivity contribution in [3.63, 3.8) is 0 Å². The van der Waals surface area contributed by atoms with Crippen molar-refractivity contribution in [3.05, 3.63) is 54.6 Å². The first-order valence-corrected chi connectivity index (χ1v) is 8.68. The van der Waals surface area contributed by atoms with Crippen LogP contribution in [0.2, 0.25) is 0 Å². The summed E-state index contributed by atoms with van der Waals surface area (Å²) in [5.41, 5.74) is 2.12.